The van der Waals surface area contributed by atoms with Gasteiger partial charge in [-0.05, 0) is 63.1 Å². The number of rotatable bonds is 7. The van der Waals surface area contributed by atoms with E-state index >= 15 is 0 Å². The lowest BCUT2D eigenvalue weighted by Crippen LogP contribution is -2.42. The maximum atomic E-state index is 13.0. The van der Waals surface area contributed by atoms with Crippen LogP contribution in [0.1, 0.15) is 23.6 Å². The molecular weight excluding hydrogens is 428 g/mol. The maximum absolute atomic E-state index is 13.0. The molecule has 0 spiro atoms. The summed E-state index contributed by atoms with van der Waals surface area (Å²) in [5.41, 5.74) is 2.94. The van der Waals surface area contributed by atoms with E-state index < -0.39 is 22.0 Å². The van der Waals surface area contributed by atoms with Gasteiger partial charge in [-0.2, -0.15) is 4.72 Å². The average Bonchev–Trinajstić information content (AvgIpc) is 2.68. The van der Waals surface area contributed by atoms with Gasteiger partial charge in [0.1, 0.15) is 0 Å². The molecule has 0 heterocycles. The van der Waals surface area contributed by atoms with E-state index in [-0.39, 0.29) is 4.90 Å². The van der Waals surface area contributed by atoms with E-state index in [9.17, 15) is 13.2 Å². The minimum Gasteiger partial charge on any atom is -0.324 e. The van der Waals surface area contributed by atoms with Crippen molar-refractivity contribution in [2.45, 2.75) is 48.4 Å². The van der Waals surface area contributed by atoms with Crippen LogP contribution in [0.3, 0.4) is 0 Å². The molecule has 0 aromatic heterocycles. The molecule has 1 atom stereocenters. The molecule has 2 N–H and O–H groups in total. The van der Waals surface area contributed by atoms with Gasteiger partial charge in [-0.15, -0.1) is 0 Å². The number of anilines is 1. The molecule has 162 valence electrons. The first-order valence-electron chi connectivity index (χ1n) is 9.90. The molecule has 0 saturated heterocycles. The SMILES string of the molecule is Cc1cc(C)c(S(=O)(=O)NC(C)C(=O)Nc2ccccc2Sc2ccccc2)c(C)c1. The lowest BCUT2D eigenvalue weighted by Gasteiger charge is -2.18. The predicted octanol–water partition coefficient (Wildman–Crippen LogP) is 5.07. The van der Waals surface area contributed by atoms with E-state index in [1.165, 1.54) is 11.8 Å². The van der Waals surface area contributed by atoms with Gasteiger partial charge in [-0.3, -0.25) is 4.79 Å². The normalized spacial score (nSPS) is 12.4. The standard InChI is InChI=1S/C24H26N2O3S2/c1-16-14-17(2)23(18(3)15-16)31(28,29)26-19(4)24(27)25-21-12-8-9-13-22(21)30-20-10-6-5-7-11-20/h5-15,19,26H,1-4H3,(H,25,27). The van der Waals surface area contributed by atoms with Gasteiger partial charge in [0.05, 0.1) is 16.6 Å². The molecule has 0 aliphatic carbocycles. The summed E-state index contributed by atoms with van der Waals surface area (Å²) < 4.78 is 28.4. The molecule has 0 bridgehead atoms. The number of sulfonamides is 1. The van der Waals surface area contributed by atoms with Crippen LogP contribution in [0.25, 0.3) is 0 Å². The van der Waals surface area contributed by atoms with Crippen molar-refractivity contribution in [1.29, 1.82) is 0 Å². The highest BCUT2D eigenvalue weighted by molar-refractivity contribution is 7.99. The predicted molar refractivity (Wildman–Crippen MR) is 126 cm³/mol. The Hall–Kier alpha value is -2.61. The third-order valence-corrected chi connectivity index (χ3v) is 7.64. The van der Waals surface area contributed by atoms with Crippen LogP contribution in [0.4, 0.5) is 5.69 Å². The number of hydrogen-bond donors (Lipinski definition) is 2. The highest BCUT2D eigenvalue weighted by atomic mass is 32.2. The van der Waals surface area contributed by atoms with Crippen molar-refractivity contribution in [2.75, 3.05) is 5.32 Å². The molecule has 0 aliphatic heterocycles. The molecular formula is C24H26N2O3S2. The second-order valence-electron chi connectivity index (χ2n) is 7.47. The van der Waals surface area contributed by atoms with Gasteiger partial charge in [0.15, 0.2) is 0 Å². The van der Waals surface area contributed by atoms with Gasteiger partial charge in [0.25, 0.3) is 0 Å². The number of benzene rings is 3. The fraction of sp³-hybridized carbons (Fsp3) is 0.208. The van der Waals surface area contributed by atoms with E-state index in [1.807, 2.05) is 67.6 Å². The summed E-state index contributed by atoms with van der Waals surface area (Å²) in [5.74, 6) is -0.424. The van der Waals surface area contributed by atoms with Gasteiger partial charge >= 0.3 is 0 Å². The largest absolute Gasteiger partial charge is 0.324 e. The number of carbonyl (C=O) groups is 1. The van der Waals surface area contributed by atoms with Gasteiger partial charge in [0, 0.05) is 9.79 Å². The van der Waals surface area contributed by atoms with Crippen molar-refractivity contribution in [3.8, 4) is 0 Å². The van der Waals surface area contributed by atoms with Crippen molar-refractivity contribution in [3.05, 3.63) is 83.4 Å². The lowest BCUT2D eigenvalue weighted by atomic mass is 10.1. The van der Waals surface area contributed by atoms with Crippen molar-refractivity contribution in [2.24, 2.45) is 0 Å². The fourth-order valence-electron chi connectivity index (χ4n) is 3.45. The van der Waals surface area contributed by atoms with Crippen LogP contribution in [0.5, 0.6) is 0 Å². The molecule has 0 radical (unpaired) electrons. The second-order valence-corrected chi connectivity index (χ2v) is 10.2. The quantitative estimate of drug-likeness (QED) is 0.523. The Morgan fingerprint density at radius 1 is 0.903 bits per heavy atom. The molecule has 5 nitrogen and oxygen atoms in total. The molecule has 3 aromatic carbocycles. The molecule has 31 heavy (non-hydrogen) atoms. The summed E-state index contributed by atoms with van der Waals surface area (Å²) in [7, 11) is -3.85. The lowest BCUT2D eigenvalue weighted by molar-refractivity contribution is -0.117. The smallest absolute Gasteiger partial charge is 0.242 e. The van der Waals surface area contributed by atoms with Crippen LogP contribution in [-0.4, -0.2) is 20.4 Å². The molecule has 0 fully saturated rings. The second kappa shape index (κ2) is 9.68. The number of hydrogen-bond acceptors (Lipinski definition) is 4. The minimum atomic E-state index is -3.85. The van der Waals surface area contributed by atoms with Gasteiger partial charge < -0.3 is 5.32 Å². The van der Waals surface area contributed by atoms with Gasteiger partial charge in [-0.25, -0.2) is 8.42 Å². The number of carbonyl (C=O) groups excluding carboxylic acids is 1. The molecule has 3 aromatic rings. The minimum absolute atomic E-state index is 0.220. The summed E-state index contributed by atoms with van der Waals surface area (Å²) >= 11 is 1.53. The molecule has 1 unspecified atom stereocenters. The van der Waals surface area contributed by atoms with Crippen LogP contribution in [0.15, 0.2) is 81.4 Å². The number of aryl methyl sites for hydroxylation is 3. The van der Waals surface area contributed by atoms with Gasteiger partial charge in [-0.1, -0.05) is 59.8 Å². The van der Waals surface area contributed by atoms with Crippen LogP contribution in [0, 0.1) is 20.8 Å². The number of amides is 1. The van der Waals surface area contributed by atoms with Crippen molar-refractivity contribution < 1.29 is 13.2 Å². The van der Waals surface area contributed by atoms with E-state index in [0.717, 1.165) is 15.4 Å². The Labute approximate surface area is 188 Å². The highest BCUT2D eigenvalue weighted by Crippen LogP contribution is 2.33. The average molecular weight is 455 g/mol. The summed E-state index contributed by atoms with van der Waals surface area (Å²) in [6.45, 7) is 6.98. The maximum Gasteiger partial charge on any atom is 0.242 e. The Bertz CT molecular complexity index is 1170. The van der Waals surface area contributed by atoms with E-state index in [4.69, 9.17) is 0 Å². The summed E-state index contributed by atoms with van der Waals surface area (Å²) in [6.07, 6.45) is 0. The first-order valence-corrected chi connectivity index (χ1v) is 12.2. The summed E-state index contributed by atoms with van der Waals surface area (Å²) in [5, 5.41) is 2.86. The fourth-order valence-corrected chi connectivity index (χ4v) is 6.03. The van der Waals surface area contributed by atoms with Crippen molar-refractivity contribution in [1.82, 2.24) is 4.72 Å². The first-order chi connectivity index (χ1) is 14.7. The summed E-state index contributed by atoms with van der Waals surface area (Å²) in [6, 6.07) is 20.0. The topological polar surface area (TPSA) is 75.3 Å². The van der Waals surface area contributed by atoms with E-state index in [2.05, 4.69) is 10.0 Å². The zero-order valence-electron chi connectivity index (χ0n) is 18.0. The van der Waals surface area contributed by atoms with Crippen molar-refractivity contribution in [3.63, 3.8) is 0 Å². The Morgan fingerprint density at radius 3 is 2.13 bits per heavy atom. The van der Waals surface area contributed by atoms with Crippen molar-refractivity contribution >= 4 is 33.4 Å². The van der Waals surface area contributed by atoms with Crippen LogP contribution in [-0.2, 0) is 14.8 Å². The third-order valence-electron chi connectivity index (χ3n) is 4.71. The van der Waals surface area contributed by atoms with Crippen LogP contribution < -0.4 is 10.0 Å². The number of para-hydroxylation sites is 1. The zero-order valence-corrected chi connectivity index (χ0v) is 19.6. The third kappa shape index (κ3) is 5.76. The molecule has 0 saturated carbocycles. The molecule has 1 amide bonds. The molecule has 7 heteroatoms. The molecule has 3 rings (SSSR count). The Kier molecular flexibility index (Phi) is 7.20. The van der Waals surface area contributed by atoms with Crippen LogP contribution in [0.2, 0.25) is 0 Å². The highest BCUT2D eigenvalue weighted by Gasteiger charge is 2.25. The zero-order chi connectivity index (χ0) is 22.6. The monoisotopic (exact) mass is 454 g/mol. The Morgan fingerprint density at radius 2 is 1.48 bits per heavy atom. The summed E-state index contributed by atoms with van der Waals surface area (Å²) in [4.78, 5) is 14.9. The molecule has 0 aliphatic rings. The first kappa shape index (κ1) is 23.1. The van der Waals surface area contributed by atoms with Crippen LogP contribution >= 0.6 is 11.8 Å². The number of nitrogens with one attached hydrogen (secondary N) is 2. The van der Waals surface area contributed by atoms with E-state index in [1.54, 1.807) is 26.8 Å². The van der Waals surface area contributed by atoms with E-state index in [0.29, 0.717) is 16.8 Å². The van der Waals surface area contributed by atoms with Gasteiger partial charge in [0.2, 0.25) is 15.9 Å². The Balaban J connectivity index is 1.76.